The molecule has 5 atom stereocenters. The molecule has 0 aromatic heterocycles. The molecular formula is C17H22O7. The van der Waals surface area contributed by atoms with Crippen LogP contribution in [-0.4, -0.2) is 48.4 Å². The maximum atomic E-state index is 9.93. The van der Waals surface area contributed by atoms with Gasteiger partial charge in [0.15, 0.2) is 23.6 Å². The van der Waals surface area contributed by atoms with Gasteiger partial charge in [-0.1, -0.05) is 6.07 Å². The van der Waals surface area contributed by atoms with Gasteiger partial charge in [-0.15, -0.1) is 0 Å². The van der Waals surface area contributed by atoms with Crippen molar-refractivity contribution in [2.24, 2.45) is 0 Å². The summed E-state index contributed by atoms with van der Waals surface area (Å²) in [5.74, 6) is 0.733. The van der Waals surface area contributed by atoms with Crippen LogP contribution in [0.2, 0.25) is 0 Å². The summed E-state index contributed by atoms with van der Waals surface area (Å²) < 4.78 is 34.2. The van der Waals surface area contributed by atoms with Gasteiger partial charge in [0.2, 0.25) is 6.79 Å². The zero-order valence-electron chi connectivity index (χ0n) is 13.9. The molecule has 3 aliphatic rings. The molecule has 0 bridgehead atoms. The second-order valence-electron chi connectivity index (χ2n) is 6.77. The fourth-order valence-electron chi connectivity index (χ4n) is 3.32. The molecule has 1 N–H and O–H groups in total. The second-order valence-corrected chi connectivity index (χ2v) is 6.77. The Labute approximate surface area is 140 Å². The van der Waals surface area contributed by atoms with Gasteiger partial charge in [0, 0.05) is 0 Å². The minimum absolute atomic E-state index is 0.242. The average Bonchev–Trinajstić information content (AvgIpc) is 3.17. The van der Waals surface area contributed by atoms with Crippen molar-refractivity contribution in [3.8, 4) is 11.5 Å². The van der Waals surface area contributed by atoms with E-state index in [9.17, 15) is 5.11 Å². The third-order valence-corrected chi connectivity index (χ3v) is 4.37. The van der Waals surface area contributed by atoms with Crippen LogP contribution in [0.25, 0.3) is 0 Å². The summed E-state index contributed by atoms with van der Waals surface area (Å²) in [6.07, 6.45) is -2.45. The first-order valence-electron chi connectivity index (χ1n) is 8.12. The molecule has 0 radical (unpaired) electrons. The van der Waals surface area contributed by atoms with Crippen LogP contribution in [0.5, 0.6) is 11.5 Å². The lowest BCUT2D eigenvalue weighted by Crippen LogP contribution is -2.36. The quantitative estimate of drug-likeness (QED) is 0.893. The zero-order valence-corrected chi connectivity index (χ0v) is 13.9. The van der Waals surface area contributed by atoms with E-state index >= 15 is 0 Å². The Morgan fingerprint density at radius 1 is 1.21 bits per heavy atom. The van der Waals surface area contributed by atoms with Crippen molar-refractivity contribution >= 4 is 0 Å². The van der Waals surface area contributed by atoms with Crippen LogP contribution in [0, 0.1) is 0 Å². The summed E-state index contributed by atoms with van der Waals surface area (Å²) >= 11 is 0. The van der Waals surface area contributed by atoms with Crippen molar-refractivity contribution < 1.29 is 33.5 Å². The average molecular weight is 338 g/mol. The van der Waals surface area contributed by atoms with Crippen LogP contribution in [-0.2, 0) is 25.6 Å². The fourth-order valence-corrected chi connectivity index (χ4v) is 3.32. The van der Waals surface area contributed by atoms with E-state index in [1.807, 2.05) is 32.0 Å². The topological polar surface area (TPSA) is 75.6 Å². The first kappa shape index (κ1) is 16.1. The van der Waals surface area contributed by atoms with E-state index in [1.54, 1.807) is 6.92 Å². The summed E-state index contributed by atoms with van der Waals surface area (Å²) in [7, 11) is 0. The van der Waals surface area contributed by atoms with Gasteiger partial charge >= 0.3 is 0 Å². The fraction of sp³-hybridized carbons (Fsp3) is 0.647. The lowest BCUT2D eigenvalue weighted by atomic mass is 10.1. The molecule has 4 rings (SSSR count). The monoisotopic (exact) mass is 338 g/mol. The highest BCUT2D eigenvalue weighted by Gasteiger charge is 2.56. The van der Waals surface area contributed by atoms with Gasteiger partial charge in [-0.25, -0.2) is 0 Å². The standard InChI is InChI=1S/C17H22O7/c1-9(18)13-14-15(24-17(2,3)23-14)16(22-13)19-7-10-4-5-11-12(6-10)21-8-20-11/h4-6,9,13-16,18H,7-8H2,1-3H3/t9-,13-,14+,15+,16+/m1/s1. The number of ether oxygens (including phenoxy) is 6. The molecule has 1 aromatic carbocycles. The van der Waals surface area contributed by atoms with Crippen LogP contribution in [0.3, 0.4) is 0 Å². The van der Waals surface area contributed by atoms with Gasteiger partial charge in [0.05, 0.1) is 12.7 Å². The Kier molecular flexibility index (Phi) is 3.93. The van der Waals surface area contributed by atoms with Gasteiger partial charge < -0.3 is 33.5 Å². The number of hydrogen-bond donors (Lipinski definition) is 1. The van der Waals surface area contributed by atoms with Crippen molar-refractivity contribution in [1.82, 2.24) is 0 Å². The summed E-state index contributed by atoms with van der Waals surface area (Å²) in [6.45, 7) is 5.95. The van der Waals surface area contributed by atoms with Gasteiger partial charge in [-0.05, 0) is 38.5 Å². The van der Waals surface area contributed by atoms with E-state index in [-0.39, 0.29) is 19.0 Å². The highest BCUT2D eigenvalue weighted by Crippen LogP contribution is 2.40. The van der Waals surface area contributed by atoms with Crippen LogP contribution in [0.4, 0.5) is 0 Å². The molecule has 24 heavy (non-hydrogen) atoms. The highest BCUT2D eigenvalue weighted by atomic mass is 16.8. The van der Waals surface area contributed by atoms with Crippen molar-refractivity contribution in [2.45, 2.75) is 63.9 Å². The lowest BCUT2D eigenvalue weighted by molar-refractivity contribution is -0.244. The SMILES string of the molecule is C[C@@H](O)[C@H]1O[C@H](OCc2ccc3c(c2)OCO3)[C@H]2OC(C)(C)O[C@H]21. The number of aliphatic hydroxyl groups excluding tert-OH is 1. The van der Waals surface area contributed by atoms with E-state index in [0.717, 1.165) is 11.3 Å². The molecule has 7 nitrogen and oxygen atoms in total. The molecule has 2 fully saturated rings. The molecule has 0 amide bonds. The van der Waals surface area contributed by atoms with E-state index in [2.05, 4.69) is 0 Å². The summed E-state index contributed by atoms with van der Waals surface area (Å²) in [5, 5.41) is 9.93. The maximum absolute atomic E-state index is 9.93. The van der Waals surface area contributed by atoms with E-state index in [1.165, 1.54) is 0 Å². The van der Waals surface area contributed by atoms with Crippen molar-refractivity contribution in [1.29, 1.82) is 0 Å². The smallest absolute Gasteiger partial charge is 0.231 e. The second kappa shape index (κ2) is 5.86. The van der Waals surface area contributed by atoms with Crippen LogP contribution >= 0.6 is 0 Å². The maximum Gasteiger partial charge on any atom is 0.231 e. The number of fused-ring (bicyclic) bond motifs is 2. The Bertz CT molecular complexity index is 615. The summed E-state index contributed by atoms with van der Waals surface area (Å²) in [5.41, 5.74) is 0.943. The Hall–Kier alpha value is -1.38. The lowest BCUT2D eigenvalue weighted by Gasteiger charge is -2.25. The van der Waals surface area contributed by atoms with Gasteiger partial charge in [-0.3, -0.25) is 0 Å². The van der Waals surface area contributed by atoms with Gasteiger partial charge in [0.1, 0.15) is 18.3 Å². The largest absolute Gasteiger partial charge is 0.454 e. The van der Waals surface area contributed by atoms with Crippen LogP contribution in [0.1, 0.15) is 26.3 Å². The van der Waals surface area contributed by atoms with E-state index < -0.39 is 24.3 Å². The first-order chi connectivity index (χ1) is 11.4. The summed E-state index contributed by atoms with van der Waals surface area (Å²) in [4.78, 5) is 0. The molecule has 2 saturated heterocycles. The van der Waals surface area contributed by atoms with Crippen LogP contribution in [0.15, 0.2) is 18.2 Å². The molecule has 7 heteroatoms. The Balaban J connectivity index is 1.44. The molecule has 0 unspecified atom stereocenters. The Morgan fingerprint density at radius 3 is 2.75 bits per heavy atom. The number of benzene rings is 1. The van der Waals surface area contributed by atoms with Gasteiger partial charge in [-0.2, -0.15) is 0 Å². The number of rotatable bonds is 4. The molecule has 1 aromatic rings. The molecular weight excluding hydrogens is 316 g/mol. The minimum Gasteiger partial charge on any atom is -0.454 e. The molecule has 0 aliphatic carbocycles. The molecule has 132 valence electrons. The number of aliphatic hydroxyl groups is 1. The Morgan fingerprint density at radius 2 is 1.96 bits per heavy atom. The van der Waals surface area contributed by atoms with E-state index in [0.29, 0.717) is 12.4 Å². The molecule has 0 saturated carbocycles. The third kappa shape index (κ3) is 2.87. The molecule has 3 aliphatic heterocycles. The summed E-state index contributed by atoms with van der Waals surface area (Å²) in [6, 6.07) is 5.66. The number of hydrogen-bond acceptors (Lipinski definition) is 7. The minimum atomic E-state index is -0.716. The van der Waals surface area contributed by atoms with Gasteiger partial charge in [0.25, 0.3) is 0 Å². The van der Waals surface area contributed by atoms with Crippen molar-refractivity contribution in [3.63, 3.8) is 0 Å². The predicted octanol–water partition coefficient (Wildman–Crippen LogP) is 1.56. The van der Waals surface area contributed by atoms with Crippen molar-refractivity contribution in [2.75, 3.05) is 6.79 Å². The highest BCUT2D eigenvalue weighted by molar-refractivity contribution is 5.44. The predicted molar refractivity (Wildman–Crippen MR) is 81.5 cm³/mol. The molecule has 3 heterocycles. The zero-order chi connectivity index (χ0) is 16.9. The third-order valence-electron chi connectivity index (χ3n) is 4.37. The normalized spacial score (nSPS) is 34.3. The van der Waals surface area contributed by atoms with Crippen LogP contribution < -0.4 is 9.47 Å². The van der Waals surface area contributed by atoms with Crippen molar-refractivity contribution in [3.05, 3.63) is 23.8 Å². The molecule has 0 spiro atoms. The van der Waals surface area contributed by atoms with E-state index in [4.69, 9.17) is 28.4 Å². The first-order valence-corrected chi connectivity index (χ1v) is 8.12.